The summed E-state index contributed by atoms with van der Waals surface area (Å²) in [6.07, 6.45) is 2.35. The third kappa shape index (κ3) is 2.81. The van der Waals surface area contributed by atoms with Gasteiger partial charge in [-0.1, -0.05) is 16.3 Å². The number of nitrogens with two attached hydrogens (primary N) is 1. The molecule has 1 saturated carbocycles. The van der Waals surface area contributed by atoms with Crippen molar-refractivity contribution >= 4 is 43.2 Å². The van der Waals surface area contributed by atoms with Crippen molar-refractivity contribution in [1.29, 1.82) is 0 Å². The predicted octanol–water partition coefficient (Wildman–Crippen LogP) is 1.78. The number of sulfone groups is 1. The fraction of sp³-hybridized carbons (Fsp3) is 0.158. The van der Waals surface area contributed by atoms with Gasteiger partial charge < -0.3 is 20.5 Å². The maximum atomic E-state index is 14.8. The van der Waals surface area contributed by atoms with Crippen molar-refractivity contribution in [3.63, 3.8) is 0 Å². The van der Waals surface area contributed by atoms with E-state index in [0.717, 1.165) is 18.2 Å². The molecule has 0 radical (unpaired) electrons. The Balaban J connectivity index is 1.80. The van der Waals surface area contributed by atoms with Crippen LogP contribution in [0.5, 0.6) is 0 Å². The molecule has 5 rings (SSSR count). The average Bonchev–Trinajstić information content (AvgIpc) is 3.27. The minimum atomic E-state index is -4.40. The molecular formula is C19H14ClFN4O5S. The van der Waals surface area contributed by atoms with E-state index < -0.39 is 37.2 Å². The second-order valence-electron chi connectivity index (χ2n) is 7.37. The first-order valence-corrected chi connectivity index (χ1v) is 10.9. The summed E-state index contributed by atoms with van der Waals surface area (Å²) < 4.78 is 43.1. The van der Waals surface area contributed by atoms with Gasteiger partial charge in [0.25, 0.3) is 5.56 Å². The molecule has 31 heavy (non-hydrogen) atoms. The van der Waals surface area contributed by atoms with Crippen LogP contribution < -0.4 is 17.0 Å². The van der Waals surface area contributed by atoms with Crippen LogP contribution in [-0.2, 0) is 9.84 Å². The van der Waals surface area contributed by atoms with Crippen molar-refractivity contribution in [2.45, 2.75) is 28.3 Å². The number of aromatic amines is 1. The van der Waals surface area contributed by atoms with Gasteiger partial charge in [-0.25, -0.2) is 17.6 Å². The quantitative estimate of drug-likeness (QED) is 0.395. The molecule has 0 aliphatic heterocycles. The summed E-state index contributed by atoms with van der Waals surface area (Å²) >= 11 is 6.00. The molecule has 0 saturated heterocycles. The summed E-state index contributed by atoms with van der Waals surface area (Å²) in [4.78, 5) is 25.5. The van der Waals surface area contributed by atoms with Crippen LogP contribution in [0.4, 0.5) is 4.39 Å². The van der Waals surface area contributed by atoms with Crippen LogP contribution in [0, 0.1) is 5.82 Å². The lowest BCUT2D eigenvalue weighted by Crippen LogP contribution is -2.33. The number of fused-ring (bicyclic) bond motifs is 2. The zero-order chi connectivity index (χ0) is 22.2. The van der Waals surface area contributed by atoms with E-state index in [1.54, 1.807) is 16.8 Å². The fourth-order valence-electron chi connectivity index (χ4n) is 3.76. The number of aromatic nitrogens is 3. The van der Waals surface area contributed by atoms with E-state index in [-0.39, 0.29) is 37.6 Å². The van der Waals surface area contributed by atoms with Crippen LogP contribution in [-0.4, -0.2) is 33.9 Å². The molecule has 2 heterocycles. The Hall–Kier alpha value is -3.15. The molecule has 0 amide bonds. The van der Waals surface area contributed by atoms with E-state index in [1.165, 1.54) is 6.07 Å². The summed E-state index contributed by atoms with van der Waals surface area (Å²) in [6.45, 7) is 0. The normalized spacial score (nSPS) is 18.7. The third-order valence-corrected chi connectivity index (χ3v) is 7.56. The smallest absolute Gasteiger partial charge is 0.362 e. The predicted molar refractivity (Wildman–Crippen MR) is 110 cm³/mol. The molecule has 4 aromatic rings. The van der Waals surface area contributed by atoms with Crippen molar-refractivity contribution in [1.82, 2.24) is 14.3 Å². The van der Waals surface area contributed by atoms with Gasteiger partial charge in [0.2, 0.25) is 9.84 Å². The molecule has 2 aromatic carbocycles. The minimum Gasteiger partial charge on any atom is -0.421 e. The highest BCUT2D eigenvalue weighted by Gasteiger charge is 2.36. The van der Waals surface area contributed by atoms with Crippen LogP contribution >= 0.6 is 11.6 Å². The van der Waals surface area contributed by atoms with Crippen molar-refractivity contribution < 1.29 is 18.0 Å². The Morgan fingerprint density at radius 3 is 2.61 bits per heavy atom. The largest absolute Gasteiger partial charge is 0.421 e. The lowest BCUT2D eigenvalue weighted by atomic mass is 10.2. The number of hydrogen-bond donors (Lipinski definition) is 3. The van der Waals surface area contributed by atoms with Crippen LogP contribution in [0.1, 0.15) is 12.5 Å². The number of nitrogens with one attached hydrogen (secondary N) is 1. The van der Waals surface area contributed by atoms with Crippen molar-refractivity contribution in [2.75, 3.05) is 0 Å². The molecule has 1 aliphatic rings. The first kappa shape index (κ1) is 19.8. The summed E-state index contributed by atoms with van der Waals surface area (Å²) in [5, 5.41) is 9.26. The average molecular weight is 465 g/mol. The number of rotatable bonds is 3. The topological polar surface area (TPSA) is 140 Å². The van der Waals surface area contributed by atoms with Crippen molar-refractivity contribution in [3.8, 4) is 0 Å². The first-order chi connectivity index (χ1) is 14.6. The maximum absolute atomic E-state index is 14.8. The summed E-state index contributed by atoms with van der Waals surface area (Å²) in [6, 6.07) is 5.86. The van der Waals surface area contributed by atoms with E-state index in [0.29, 0.717) is 11.9 Å². The molecule has 1 fully saturated rings. The van der Waals surface area contributed by atoms with Gasteiger partial charge in [0.05, 0.1) is 37.3 Å². The second-order valence-corrected chi connectivity index (χ2v) is 9.70. The lowest BCUT2D eigenvalue weighted by Gasteiger charge is -2.11. The van der Waals surface area contributed by atoms with E-state index in [4.69, 9.17) is 17.3 Å². The highest BCUT2D eigenvalue weighted by molar-refractivity contribution is 7.91. The van der Waals surface area contributed by atoms with Gasteiger partial charge in [-0.3, -0.25) is 4.79 Å². The van der Waals surface area contributed by atoms with Crippen LogP contribution in [0.25, 0.3) is 21.8 Å². The van der Waals surface area contributed by atoms with E-state index >= 15 is 0 Å². The summed E-state index contributed by atoms with van der Waals surface area (Å²) in [7, 11) is -4.40. The molecule has 0 bridgehead atoms. The van der Waals surface area contributed by atoms with E-state index in [9.17, 15) is 27.6 Å². The van der Waals surface area contributed by atoms with Gasteiger partial charge in [-0.2, -0.15) is 0 Å². The molecule has 160 valence electrons. The number of nitrogens with zero attached hydrogens (tertiary/aromatic N) is 2. The molecular weight excluding hydrogens is 451 g/mol. The van der Waals surface area contributed by atoms with Gasteiger partial charge in [0.1, 0.15) is 5.82 Å². The standard InChI is InChI=1S/C19H14ClFN4O5S/c20-10-1-2-15(17-16(10)18(26)25(28)19(27)23-17)31(29,30)8-5-11(21)9-3-4-24(13(9)6-8)14-7-12(14)22/h1-6,12,14,28H,7,22H2,(H,23,27)/t12-,14-/m1/s1. The van der Waals surface area contributed by atoms with Crippen LogP contribution in [0.2, 0.25) is 5.02 Å². The Bertz CT molecular complexity index is 1640. The van der Waals surface area contributed by atoms with Gasteiger partial charge in [-0.05, 0) is 36.8 Å². The van der Waals surface area contributed by atoms with Crippen LogP contribution in [0.3, 0.4) is 0 Å². The monoisotopic (exact) mass is 464 g/mol. The van der Waals surface area contributed by atoms with Crippen molar-refractivity contribution in [2.24, 2.45) is 5.73 Å². The molecule has 1 aliphatic carbocycles. The molecule has 0 unspecified atom stereocenters. The van der Waals surface area contributed by atoms with Gasteiger partial charge in [-0.15, -0.1) is 0 Å². The highest BCUT2D eigenvalue weighted by atomic mass is 35.5. The third-order valence-electron chi connectivity index (χ3n) is 5.47. The number of hydrogen-bond acceptors (Lipinski definition) is 6. The fourth-order valence-corrected chi connectivity index (χ4v) is 5.44. The van der Waals surface area contributed by atoms with Crippen molar-refractivity contribution in [3.05, 3.63) is 68.2 Å². The number of H-pyrrole nitrogens is 1. The second kappa shape index (κ2) is 6.42. The Morgan fingerprint density at radius 1 is 1.23 bits per heavy atom. The van der Waals surface area contributed by atoms with Gasteiger partial charge >= 0.3 is 5.69 Å². The maximum Gasteiger partial charge on any atom is 0.362 e. The highest BCUT2D eigenvalue weighted by Crippen LogP contribution is 2.39. The molecule has 4 N–H and O–H groups in total. The molecule has 0 spiro atoms. The van der Waals surface area contributed by atoms with Crippen LogP contribution in [0.15, 0.2) is 55.9 Å². The summed E-state index contributed by atoms with van der Waals surface area (Å²) in [5.74, 6) is -0.742. The zero-order valence-electron chi connectivity index (χ0n) is 15.5. The molecule has 2 atom stereocenters. The lowest BCUT2D eigenvalue weighted by molar-refractivity contribution is 0.162. The Labute approximate surface area is 178 Å². The minimum absolute atomic E-state index is 0.0504. The molecule has 12 heteroatoms. The molecule has 9 nitrogen and oxygen atoms in total. The first-order valence-electron chi connectivity index (χ1n) is 9.09. The van der Waals surface area contributed by atoms with E-state index in [1.807, 2.05) is 0 Å². The number of benzene rings is 2. The number of halogens is 2. The zero-order valence-corrected chi connectivity index (χ0v) is 17.1. The Morgan fingerprint density at radius 2 is 1.94 bits per heavy atom. The summed E-state index contributed by atoms with van der Waals surface area (Å²) in [5.41, 5.74) is 3.45. The van der Waals surface area contributed by atoms with Gasteiger partial charge in [0.15, 0.2) is 0 Å². The van der Waals surface area contributed by atoms with Gasteiger partial charge in [0, 0.05) is 17.6 Å². The Kier molecular flexibility index (Phi) is 4.10. The SMILES string of the molecule is N[C@@H]1C[C@H]1n1ccc2c(F)cc(S(=O)(=O)c3ccc(Cl)c4c(=O)n(O)c(=O)[nH]c34)cc21. The molecule has 2 aromatic heterocycles. The van der Waals surface area contributed by atoms with E-state index in [2.05, 4.69) is 4.98 Å².